The van der Waals surface area contributed by atoms with Crippen molar-refractivity contribution in [3.05, 3.63) is 124 Å². The molecular formula is C32H29N. The summed E-state index contributed by atoms with van der Waals surface area (Å²) in [4.78, 5) is 0. The van der Waals surface area contributed by atoms with Crippen molar-refractivity contribution in [1.82, 2.24) is 4.57 Å². The van der Waals surface area contributed by atoms with Crippen molar-refractivity contribution in [1.29, 1.82) is 0 Å². The van der Waals surface area contributed by atoms with E-state index in [4.69, 9.17) is 0 Å². The van der Waals surface area contributed by atoms with Crippen LogP contribution in [-0.2, 0) is 12.8 Å². The van der Waals surface area contributed by atoms with Crippen LogP contribution in [0.3, 0.4) is 0 Å². The SMILES string of the molecule is C=C(C)c1ccc(-n2c(=C)c3c(c2=C)CC=CC(Cc2ccc4c(c2)C(=C)CC4=C)=C3)cc1. The second-order valence-corrected chi connectivity index (χ2v) is 9.21. The lowest BCUT2D eigenvalue weighted by Gasteiger charge is -2.08. The lowest BCUT2D eigenvalue weighted by molar-refractivity contribution is 0.988. The van der Waals surface area contributed by atoms with Crippen LogP contribution in [0.5, 0.6) is 0 Å². The van der Waals surface area contributed by atoms with Crippen LogP contribution in [0.25, 0.3) is 41.6 Å². The van der Waals surface area contributed by atoms with Crippen LogP contribution in [0.1, 0.15) is 46.7 Å². The quantitative estimate of drug-likeness (QED) is 0.448. The predicted molar refractivity (Wildman–Crippen MR) is 144 cm³/mol. The van der Waals surface area contributed by atoms with Gasteiger partial charge in [0.25, 0.3) is 0 Å². The number of hydrogen-bond donors (Lipinski definition) is 0. The first-order chi connectivity index (χ1) is 15.8. The Morgan fingerprint density at radius 1 is 0.909 bits per heavy atom. The Labute approximate surface area is 196 Å². The van der Waals surface area contributed by atoms with Crippen LogP contribution in [0.4, 0.5) is 0 Å². The number of hydrogen-bond acceptors (Lipinski definition) is 0. The Bertz CT molecular complexity index is 1500. The molecule has 162 valence electrons. The number of benzene rings is 2. The summed E-state index contributed by atoms with van der Waals surface area (Å²) in [6.07, 6.45) is 9.38. The normalized spacial score (nSPS) is 14.6. The molecule has 0 saturated carbocycles. The van der Waals surface area contributed by atoms with Gasteiger partial charge < -0.3 is 4.57 Å². The second kappa shape index (κ2) is 7.94. The topological polar surface area (TPSA) is 4.93 Å². The third kappa shape index (κ3) is 3.60. The highest BCUT2D eigenvalue weighted by Crippen LogP contribution is 2.39. The van der Waals surface area contributed by atoms with Gasteiger partial charge in [-0.1, -0.05) is 81.0 Å². The van der Waals surface area contributed by atoms with Crippen LogP contribution in [-0.4, -0.2) is 4.57 Å². The molecule has 0 N–H and O–H groups in total. The molecule has 1 heterocycles. The molecule has 1 aromatic heterocycles. The van der Waals surface area contributed by atoms with Crippen LogP contribution in [0.2, 0.25) is 0 Å². The van der Waals surface area contributed by atoms with Crippen LogP contribution >= 0.6 is 0 Å². The number of rotatable bonds is 4. The molecule has 3 aromatic rings. The molecule has 0 radical (unpaired) electrons. The third-order valence-corrected chi connectivity index (χ3v) is 6.81. The van der Waals surface area contributed by atoms with Gasteiger partial charge >= 0.3 is 0 Å². The number of nitrogens with zero attached hydrogens (tertiary/aromatic N) is 1. The minimum Gasteiger partial charge on any atom is -0.311 e. The van der Waals surface area contributed by atoms with Crippen molar-refractivity contribution in [3.8, 4) is 5.69 Å². The van der Waals surface area contributed by atoms with Crippen molar-refractivity contribution >= 4 is 36.0 Å². The zero-order chi connectivity index (χ0) is 23.3. The molecule has 1 nitrogen and oxygen atoms in total. The van der Waals surface area contributed by atoms with Crippen LogP contribution < -0.4 is 10.7 Å². The molecule has 0 unspecified atom stereocenters. The molecule has 0 amide bonds. The summed E-state index contributed by atoms with van der Waals surface area (Å²) in [5.41, 5.74) is 13.1. The predicted octanol–water partition coefficient (Wildman–Crippen LogP) is 6.50. The van der Waals surface area contributed by atoms with Gasteiger partial charge in [0, 0.05) is 21.9 Å². The lowest BCUT2D eigenvalue weighted by atomic mass is 9.98. The first-order valence-corrected chi connectivity index (χ1v) is 11.4. The average Bonchev–Trinajstić information content (AvgIpc) is 3.09. The van der Waals surface area contributed by atoms with Gasteiger partial charge in [-0.3, -0.25) is 0 Å². The fraction of sp³-hybridized carbons (Fsp3) is 0.125. The number of fused-ring (bicyclic) bond motifs is 2. The molecule has 33 heavy (non-hydrogen) atoms. The fourth-order valence-corrected chi connectivity index (χ4v) is 5.01. The maximum atomic E-state index is 4.45. The highest BCUT2D eigenvalue weighted by molar-refractivity contribution is 5.91. The van der Waals surface area contributed by atoms with E-state index in [-0.39, 0.29) is 0 Å². The largest absolute Gasteiger partial charge is 0.311 e. The van der Waals surface area contributed by atoms with Gasteiger partial charge in [0.15, 0.2) is 0 Å². The van der Waals surface area contributed by atoms with Crippen molar-refractivity contribution in [3.63, 3.8) is 0 Å². The molecule has 0 fully saturated rings. The van der Waals surface area contributed by atoms with E-state index in [0.717, 1.165) is 46.8 Å². The van der Waals surface area contributed by atoms with E-state index in [1.165, 1.54) is 44.5 Å². The van der Waals surface area contributed by atoms with Gasteiger partial charge in [-0.25, -0.2) is 0 Å². The lowest BCUT2D eigenvalue weighted by Crippen LogP contribution is -2.24. The van der Waals surface area contributed by atoms with Gasteiger partial charge in [-0.2, -0.15) is 0 Å². The molecule has 1 heteroatoms. The summed E-state index contributed by atoms with van der Waals surface area (Å²) in [6, 6.07) is 15.2. The highest BCUT2D eigenvalue weighted by atomic mass is 15.0. The van der Waals surface area contributed by atoms with Gasteiger partial charge in [0.2, 0.25) is 0 Å². The van der Waals surface area contributed by atoms with E-state index in [1.54, 1.807) is 0 Å². The van der Waals surface area contributed by atoms with Crippen molar-refractivity contribution in [2.75, 3.05) is 0 Å². The Balaban J connectivity index is 1.52. The fourth-order valence-electron chi connectivity index (χ4n) is 5.01. The molecule has 0 saturated heterocycles. The van der Waals surface area contributed by atoms with Crippen molar-refractivity contribution in [2.45, 2.75) is 26.2 Å². The molecule has 5 rings (SSSR count). The third-order valence-electron chi connectivity index (χ3n) is 6.81. The number of allylic oxidation sites excluding steroid dienone is 6. The van der Waals surface area contributed by atoms with Crippen molar-refractivity contribution < 1.29 is 0 Å². The first kappa shape index (κ1) is 21.0. The molecular weight excluding hydrogens is 398 g/mol. The second-order valence-electron chi connectivity index (χ2n) is 9.21. The summed E-state index contributed by atoms with van der Waals surface area (Å²) in [5, 5.41) is 1.99. The molecule has 0 aliphatic heterocycles. The summed E-state index contributed by atoms with van der Waals surface area (Å²) >= 11 is 0. The van der Waals surface area contributed by atoms with Crippen LogP contribution in [0, 0.1) is 0 Å². The summed E-state index contributed by atoms with van der Waals surface area (Å²) in [7, 11) is 0. The summed E-state index contributed by atoms with van der Waals surface area (Å²) in [5.74, 6) is 0. The smallest absolute Gasteiger partial charge is 0.0465 e. The van der Waals surface area contributed by atoms with Crippen molar-refractivity contribution in [2.24, 2.45) is 0 Å². The summed E-state index contributed by atoms with van der Waals surface area (Å²) in [6.45, 7) is 23.4. The Kier molecular flexibility index (Phi) is 5.06. The minimum atomic E-state index is 0.856. The van der Waals surface area contributed by atoms with Gasteiger partial charge in [-0.15, -0.1) is 0 Å². The molecule has 0 spiro atoms. The molecule has 2 aliphatic carbocycles. The monoisotopic (exact) mass is 427 g/mol. The minimum absolute atomic E-state index is 0.856. The molecule has 0 bridgehead atoms. The molecule has 2 aromatic carbocycles. The van der Waals surface area contributed by atoms with Gasteiger partial charge in [0.1, 0.15) is 0 Å². The van der Waals surface area contributed by atoms with E-state index < -0.39 is 0 Å². The maximum absolute atomic E-state index is 4.45. The number of aromatic nitrogens is 1. The van der Waals surface area contributed by atoms with Gasteiger partial charge in [0.05, 0.1) is 0 Å². The standard InChI is InChI=1S/C32H29N/c1-20(2)27-11-13-28(14-12-27)33-23(5)30-9-7-8-25(19-32(30)24(33)6)17-26-10-15-29-21(3)16-22(4)31(29)18-26/h7-8,10-15,18-19H,1,3-6,9,16-17H2,2H3. The zero-order valence-corrected chi connectivity index (χ0v) is 19.4. The Hall–Kier alpha value is -3.84. The summed E-state index contributed by atoms with van der Waals surface area (Å²) < 4.78 is 2.17. The Morgan fingerprint density at radius 2 is 1.64 bits per heavy atom. The maximum Gasteiger partial charge on any atom is 0.0465 e. The Morgan fingerprint density at radius 3 is 2.36 bits per heavy atom. The van der Waals surface area contributed by atoms with E-state index in [1.807, 2.05) is 6.92 Å². The van der Waals surface area contributed by atoms with E-state index in [9.17, 15) is 0 Å². The van der Waals surface area contributed by atoms with E-state index >= 15 is 0 Å². The first-order valence-electron chi connectivity index (χ1n) is 11.4. The van der Waals surface area contributed by atoms with Crippen LogP contribution in [0.15, 0.2) is 79.9 Å². The van der Waals surface area contributed by atoms with Gasteiger partial charge in [-0.05, 0) is 88.9 Å². The average molecular weight is 428 g/mol. The molecule has 0 atom stereocenters. The van der Waals surface area contributed by atoms with E-state index in [0.29, 0.717) is 0 Å². The highest BCUT2D eigenvalue weighted by Gasteiger charge is 2.19. The van der Waals surface area contributed by atoms with E-state index in [2.05, 4.69) is 98.2 Å². The zero-order valence-electron chi connectivity index (χ0n) is 19.4. The molecule has 2 aliphatic rings.